The molecule has 2 radical (unpaired) electrons. The van der Waals surface area contributed by atoms with Gasteiger partial charge in [0.2, 0.25) is 5.84 Å². The van der Waals surface area contributed by atoms with Crippen LogP contribution in [0.15, 0.2) is 4.99 Å². The standard InChI is InChI=1S/C6H8N2O4.2Na/c9-4(10)3-8-2-1-7-5(8)6(11)12;;/h1-3H2,(H,9,10)(H,11,12);;. The quantitative estimate of drug-likeness (QED) is 0.540. The number of rotatable bonds is 3. The van der Waals surface area contributed by atoms with Gasteiger partial charge in [-0.3, -0.25) is 9.79 Å². The molecule has 0 saturated carbocycles. The van der Waals surface area contributed by atoms with Gasteiger partial charge in [-0.25, -0.2) is 4.79 Å². The third kappa shape index (κ3) is 4.77. The van der Waals surface area contributed by atoms with Crippen LogP contribution in [-0.2, 0) is 9.59 Å². The first-order valence-corrected chi connectivity index (χ1v) is 3.35. The molecule has 6 nitrogen and oxygen atoms in total. The van der Waals surface area contributed by atoms with Crippen molar-refractivity contribution in [2.45, 2.75) is 0 Å². The van der Waals surface area contributed by atoms with Crippen molar-refractivity contribution in [2.75, 3.05) is 19.6 Å². The van der Waals surface area contributed by atoms with E-state index in [1.165, 1.54) is 4.90 Å². The third-order valence-corrected chi connectivity index (χ3v) is 1.45. The third-order valence-electron chi connectivity index (χ3n) is 1.45. The van der Waals surface area contributed by atoms with Crippen molar-refractivity contribution in [1.82, 2.24) is 4.90 Å². The summed E-state index contributed by atoms with van der Waals surface area (Å²) in [5.74, 6) is -2.38. The van der Waals surface area contributed by atoms with E-state index in [1.54, 1.807) is 0 Å². The van der Waals surface area contributed by atoms with Crippen LogP contribution in [0.1, 0.15) is 0 Å². The second-order valence-corrected chi connectivity index (χ2v) is 2.33. The van der Waals surface area contributed by atoms with Gasteiger partial charge in [-0.05, 0) is 0 Å². The summed E-state index contributed by atoms with van der Waals surface area (Å²) in [4.78, 5) is 25.5. The summed E-state index contributed by atoms with van der Waals surface area (Å²) < 4.78 is 0. The molecule has 0 bridgehead atoms. The van der Waals surface area contributed by atoms with Crippen LogP contribution in [0, 0.1) is 0 Å². The van der Waals surface area contributed by atoms with Gasteiger partial charge in [-0.1, -0.05) is 0 Å². The molecule has 1 heterocycles. The summed E-state index contributed by atoms with van der Waals surface area (Å²) in [5, 5.41) is 16.9. The van der Waals surface area contributed by atoms with Crippen LogP contribution in [-0.4, -0.2) is 112 Å². The molecule has 1 rings (SSSR count). The van der Waals surface area contributed by atoms with E-state index in [9.17, 15) is 9.59 Å². The summed E-state index contributed by atoms with van der Waals surface area (Å²) in [6.45, 7) is 0.425. The molecular weight excluding hydrogens is 210 g/mol. The van der Waals surface area contributed by atoms with Gasteiger partial charge >= 0.3 is 11.9 Å². The number of carboxylic acids is 2. The molecule has 0 amide bonds. The number of amidine groups is 1. The Kier molecular flexibility index (Phi) is 9.22. The zero-order valence-corrected chi connectivity index (χ0v) is 12.2. The molecule has 8 heteroatoms. The minimum Gasteiger partial charge on any atom is -0.480 e. The van der Waals surface area contributed by atoms with Crippen molar-refractivity contribution in [2.24, 2.45) is 4.99 Å². The normalized spacial score (nSPS) is 13.7. The molecule has 0 fully saturated rings. The largest absolute Gasteiger partial charge is 0.480 e. The van der Waals surface area contributed by atoms with Crippen LogP contribution in [0.5, 0.6) is 0 Å². The number of carbonyl (C=O) groups is 2. The molecule has 0 aromatic heterocycles. The van der Waals surface area contributed by atoms with Crippen molar-refractivity contribution in [3.63, 3.8) is 0 Å². The first-order valence-electron chi connectivity index (χ1n) is 3.35. The maximum Gasteiger partial charge on any atom is 0.371 e. The van der Waals surface area contributed by atoms with Crippen LogP contribution >= 0.6 is 0 Å². The molecule has 0 spiro atoms. The minimum atomic E-state index is -1.17. The summed E-state index contributed by atoms with van der Waals surface area (Å²) in [5.41, 5.74) is 0. The Morgan fingerprint density at radius 1 is 1.36 bits per heavy atom. The van der Waals surface area contributed by atoms with E-state index in [4.69, 9.17) is 10.2 Å². The molecule has 0 aromatic carbocycles. The number of hydrogen-bond acceptors (Lipinski definition) is 4. The molecular formula is C6H8N2Na2O4. The van der Waals surface area contributed by atoms with Gasteiger partial charge in [0.1, 0.15) is 6.54 Å². The van der Waals surface area contributed by atoms with E-state index in [-0.39, 0.29) is 71.5 Å². The minimum absolute atomic E-state index is 0. The van der Waals surface area contributed by atoms with Crippen molar-refractivity contribution in [1.29, 1.82) is 0 Å². The number of hydrogen-bond donors (Lipinski definition) is 2. The van der Waals surface area contributed by atoms with Crippen LogP contribution in [0.3, 0.4) is 0 Å². The molecule has 0 aliphatic carbocycles. The van der Waals surface area contributed by atoms with Crippen LogP contribution in [0.2, 0.25) is 0 Å². The maximum absolute atomic E-state index is 10.4. The van der Waals surface area contributed by atoms with Crippen molar-refractivity contribution in [3.8, 4) is 0 Å². The first kappa shape index (κ1) is 16.8. The molecule has 68 valence electrons. The van der Waals surface area contributed by atoms with Crippen LogP contribution in [0.4, 0.5) is 0 Å². The average Bonchev–Trinajstić information content (AvgIpc) is 2.33. The smallest absolute Gasteiger partial charge is 0.371 e. The Hall–Kier alpha value is 0.410. The average molecular weight is 218 g/mol. The van der Waals surface area contributed by atoms with Crippen LogP contribution in [0.25, 0.3) is 0 Å². The Morgan fingerprint density at radius 3 is 2.36 bits per heavy atom. The Labute approximate surface area is 125 Å². The van der Waals surface area contributed by atoms with Gasteiger partial charge in [-0.15, -0.1) is 0 Å². The van der Waals surface area contributed by atoms with Gasteiger partial charge in [0.05, 0.1) is 6.54 Å². The summed E-state index contributed by atoms with van der Waals surface area (Å²) >= 11 is 0. The number of aliphatic imine (C=N–C) groups is 1. The number of nitrogens with zero attached hydrogens (tertiary/aromatic N) is 2. The predicted molar refractivity (Wildman–Crippen MR) is 50.7 cm³/mol. The SMILES string of the molecule is O=C(O)CN1CCN=C1C(=O)O.[Na].[Na]. The second-order valence-electron chi connectivity index (χ2n) is 2.33. The first-order chi connectivity index (χ1) is 5.61. The van der Waals surface area contributed by atoms with Gasteiger partial charge in [0.25, 0.3) is 0 Å². The maximum atomic E-state index is 10.4. The van der Waals surface area contributed by atoms with E-state index in [0.717, 1.165) is 0 Å². The number of aliphatic carboxylic acids is 2. The summed E-state index contributed by atoms with van der Waals surface area (Å²) in [6.07, 6.45) is 0. The van der Waals surface area contributed by atoms with Gasteiger partial charge in [-0.2, -0.15) is 0 Å². The summed E-state index contributed by atoms with van der Waals surface area (Å²) in [6, 6.07) is 0. The van der Waals surface area contributed by atoms with Gasteiger partial charge < -0.3 is 15.1 Å². The monoisotopic (exact) mass is 218 g/mol. The molecule has 1 aliphatic heterocycles. The van der Waals surface area contributed by atoms with E-state index in [2.05, 4.69) is 4.99 Å². The fourth-order valence-electron chi connectivity index (χ4n) is 1.00. The molecule has 0 unspecified atom stereocenters. The van der Waals surface area contributed by atoms with Gasteiger partial charge in [0.15, 0.2) is 0 Å². The number of carboxylic acid groups (broad SMARTS) is 2. The zero-order valence-electron chi connectivity index (χ0n) is 8.23. The molecule has 1 aliphatic rings. The second kappa shape index (κ2) is 7.67. The predicted octanol–water partition coefficient (Wildman–Crippen LogP) is -1.89. The topological polar surface area (TPSA) is 90.2 Å². The van der Waals surface area contributed by atoms with E-state index in [0.29, 0.717) is 13.1 Å². The van der Waals surface area contributed by atoms with E-state index < -0.39 is 11.9 Å². The Balaban J connectivity index is 0. The van der Waals surface area contributed by atoms with Crippen molar-refractivity contribution < 1.29 is 19.8 Å². The molecule has 14 heavy (non-hydrogen) atoms. The fourth-order valence-corrected chi connectivity index (χ4v) is 1.00. The van der Waals surface area contributed by atoms with Gasteiger partial charge in [0, 0.05) is 65.7 Å². The molecule has 0 aromatic rings. The molecule has 2 N–H and O–H groups in total. The zero-order chi connectivity index (χ0) is 9.14. The summed E-state index contributed by atoms with van der Waals surface area (Å²) in [7, 11) is 0. The Morgan fingerprint density at radius 2 is 1.93 bits per heavy atom. The molecule has 0 atom stereocenters. The van der Waals surface area contributed by atoms with Crippen LogP contribution < -0.4 is 0 Å². The van der Waals surface area contributed by atoms with E-state index in [1.807, 2.05) is 0 Å². The Bertz CT molecular complexity index is 256. The van der Waals surface area contributed by atoms with Crippen molar-refractivity contribution >= 4 is 76.9 Å². The molecule has 0 saturated heterocycles. The van der Waals surface area contributed by atoms with Crippen molar-refractivity contribution in [3.05, 3.63) is 0 Å². The van der Waals surface area contributed by atoms with E-state index >= 15 is 0 Å². The fraction of sp³-hybridized carbons (Fsp3) is 0.500.